The number of alkyl halides is 2. The van der Waals surface area contributed by atoms with Crippen LogP contribution < -0.4 is 5.32 Å². The maximum atomic E-state index is 13.5. The van der Waals surface area contributed by atoms with E-state index in [-0.39, 0.29) is 24.5 Å². The number of nitrogens with one attached hydrogen (secondary N) is 1. The maximum absolute atomic E-state index is 13.5. The molecule has 1 aliphatic heterocycles. The maximum Gasteiger partial charge on any atom is 0.281 e. The van der Waals surface area contributed by atoms with Gasteiger partial charge in [-0.3, -0.25) is 9.11 Å². The standard InChI is InChI=1S/C17H31F2N5O4S/c1-20-2-6-26-8-10-28-11-9-27-7-3-24-16(17(18)19)15(21-22-24)14-23-4-12-29(25)13-5-23/h17,20H,2-14H2,1H3. The van der Waals surface area contributed by atoms with Crippen LogP contribution in [0.1, 0.15) is 17.8 Å². The molecule has 0 aromatic carbocycles. The molecule has 9 nitrogen and oxygen atoms in total. The van der Waals surface area contributed by atoms with Gasteiger partial charge in [0.2, 0.25) is 0 Å². The molecule has 1 aliphatic rings. The molecule has 2 heterocycles. The molecular formula is C17H31F2N5O4S. The van der Waals surface area contributed by atoms with Gasteiger partial charge >= 0.3 is 0 Å². The zero-order valence-electron chi connectivity index (χ0n) is 16.9. The zero-order chi connectivity index (χ0) is 20.9. The summed E-state index contributed by atoms with van der Waals surface area (Å²) in [6.45, 7) is 5.19. The van der Waals surface area contributed by atoms with Crippen LogP contribution in [0.15, 0.2) is 0 Å². The van der Waals surface area contributed by atoms with Crippen molar-refractivity contribution in [2.75, 3.05) is 77.8 Å². The predicted molar refractivity (Wildman–Crippen MR) is 105 cm³/mol. The Balaban J connectivity index is 1.64. The van der Waals surface area contributed by atoms with Gasteiger partial charge in [-0.05, 0) is 7.05 Å². The molecule has 29 heavy (non-hydrogen) atoms. The van der Waals surface area contributed by atoms with E-state index in [1.165, 1.54) is 4.68 Å². The van der Waals surface area contributed by atoms with Crippen LogP contribution in [-0.4, -0.2) is 102 Å². The molecule has 0 aliphatic carbocycles. The van der Waals surface area contributed by atoms with Crippen LogP contribution in [0.2, 0.25) is 0 Å². The second-order valence-corrected chi connectivity index (χ2v) is 8.21. The topological polar surface area (TPSA) is 90.7 Å². The monoisotopic (exact) mass is 439 g/mol. The van der Waals surface area contributed by atoms with Crippen molar-refractivity contribution in [2.45, 2.75) is 19.5 Å². The van der Waals surface area contributed by atoms with Gasteiger partial charge in [-0.25, -0.2) is 13.5 Å². The van der Waals surface area contributed by atoms with Crippen molar-refractivity contribution in [3.05, 3.63) is 11.4 Å². The molecular weight excluding hydrogens is 408 g/mol. The largest absolute Gasteiger partial charge is 0.378 e. The van der Waals surface area contributed by atoms with Crippen LogP contribution in [0.3, 0.4) is 0 Å². The summed E-state index contributed by atoms with van der Waals surface area (Å²) in [6.07, 6.45) is -2.66. The lowest BCUT2D eigenvalue weighted by atomic mass is 10.3. The van der Waals surface area contributed by atoms with E-state index in [4.69, 9.17) is 14.2 Å². The summed E-state index contributed by atoms with van der Waals surface area (Å²) >= 11 is 0. The van der Waals surface area contributed by atoms with E-state index in [2.05, 4.69) is 15.6 Å². The number of ether oxygens (including phenoxy) is 3. The molecule has 168 valence electrons. The van der Waals surface area contributed by atoms with E-state index >= 15 is 0 Å². The summed E-state index contributed by atoms with van der Waals surface area (Å²) in [5.74, 6) is 1.13. The van der Waals surface area contributed by atoms with E-state index in [9.17, 15) is 13.0 Å². The summed E-state index contributed by atoms with van der Waals surface area (Å²) in [7, 11) is 1.06. The molecule has 1 N–H and O–H groups in total. The molecule has 0 saturated carbocycles. The van der Waals surface area contributed by atoms with Crippen molar-refractivity contribution in [1.29, 1.82) is 0 Å². The van der Waals surface area contributed by atoms with Gasteiger partial charge in [0.05, 0.1) is 46.2 Å². The van der Waals surface area contributed by atoms with Crippen molar-refractivity contribution in [3.63, 3.8) is 0 Å². The highest BCUT2D eigenvalue weighted by Gasteiger charge is 2.24. The van der Waals surface area contributed by atoms with Gasteiger partial charge < -0.3 is 19.5 Å². The number of halogens is 2. The lowest BCUT2D eigenvalue weighted by Gasteiger charge is -2.25. The molecule has 2 rings (SSSR count). The summed E-state index contributed by atoms with van der Waals surface area (Å²) in [5, 5.41) is 10.8. The highest BCUT2D eigenvalue weighted by atomic mass is 32.2. The van der Waals surface area contributed by atoms with Gasteiger partial charge in [0, 0.05) is 48.5 Å². The zero-order valence-corrected chi connectivity index (χ0v) is 17.7. The SMILES string of the molecule is CNCCOCCOCCOCCn1nnc(CN2CCS(=O)CC2)c1C(F)F. The minimum absolute atomic E-state index is 0.171. The third-order valence-electron chi connectivity index (χ3n) is 4.39. The second-order valence-electron chi connectivity index (χ2n) is 6.51. The van der Waals surface area contributed by atoms with Crippen molar-refractivity contribution in [2.24, 2.45) is 0 Å². The molecule has 0 radical (unpaired) electrons. The third-order valence-corrected chi connectivity index (χ3v) is 5.66. The van der Waals surface area contributed by atoms with Crippen LogP contribution in [-0.2, 0) is 38.1 Å². The average Bonchev–Trinajstić information content (AvgIpc) is 3.10. The first-order valence-corrected chi connectivity index (χ1v) is 11.3. The number of hydrogen-bond donors (Lipinski definition) is 1. The van der Waals surface area contributed by atoms with Crippen molar-refractivity contribution in [3.8, 4) is 0 Å². The molecule has 1 aromatic heterocycles. The van der Waals surface area contributed by atoms with E-state index in [0.717, 1.165) is 6.54 Å². The van der Waals surface area contributed by atoms with Crippen molar-refractivity contribution < 1.29 is 27.2 Å². The number of aromatic nitrogens is 3. The molecule has 0 unspecified atom stereocenters. The first kappa shape index (κ1) is 24.2. The predicted octanol–water partition coefficient (Wildman–Crippen LogP) is 0.0492. The number of hydrogen-bond acceptors (Lipinski definition) is 8. The quantitative estimate of drug-likeness (QED) is 0.384. The summed E-state index contributed by atoms with van der Waals surface area (Å²) in [5.41, 5.74) is 0.101. The van der Waals surface area contributed by atoms with Crippen molar-refractivity contribution in [1.82, 2.24) is 25.2 Å². The van der Waals surface area contributed by atoms with Crippen LogP contribution in [0, 0.1) is 0 Å². The fraction of sp³-hybridized carbons (Fsp3) is 0.882. The fourth-order valence-corrected chi connectivity index (χ4v) is 3.91. The lowest BCUT2D eigenvalue weighted by molar-refractivity contribution is 0.0129. The normalized spacial score (nSPS) is 16.1. The van der Waals surface area contributed by atoms with Gasteiger partial charge in [-0.1, -0.05) is 5.21 Å². The Hall–Kier alpha value is -1.05. The first-order chi connectivity index (χ1) is 14.1. The average molecular weight is 440 g/mol. The van der Waals surface area contributed by atoms with Crippen LogP contribution in [0.25, 0.3) is 0 Å². The Morgan fingerprint density at radius 3 is 2.31 bits per heavy atom. The van der Waals surface area contributed by atoms with E-state index in [1.807, 2.05) is 11.9 Å². The van der Waals surface area contributed by atoms with Crippen LogP contribution in [0.4, 0.5) is 8.78 Å². The third kappa shape index (κ3) is 9.09. The van der Waals surface area contributed by atoms with Crippen LogP contribution in [0.5, 0.6) is 0 Å². The van der Waals surface area contributed by atoms with E-state index in [1.54, 1.807) is 0 Å². The highest BCUT2D eigenvalue weighted by molar-refractivity contribution is 7.85. The van der Waals surface area contributed by atoms with E-state index in [0.29, 0.717) is 64.2 Å². The summed E-state index contributed by atoms with van der Waals surface area (Å²) in [6, 6.07) is 0. The molecule has 0 amide bonds. The van der Waals surface area contributed by atoms with Crippen molar-refractivity contribution >= 4 is 10.8 Å². The minimum atomic E-state index is -2.66. The van der Waals surface area contributed by atoms with Crippen LogP contribution >= 0.6 is 0 Å². The smallest absolute Gasteiger partial charge is 0.281 e. The fourth-order valence-electron chi connectivity index (χ4n) is 2.79. The Morgan fingerprint density at radius 1 is 1.07 bits per heavy atom. The van der Waals surface area contributed by atoms with Gasteiger partial charge in [-0.2, -0.15) is 0 Å². The molecule has 0 atom stereocenters. The second kappa shape index (κ2) is 14.0. The number of nitrogens with zero attached hydrogens (tertiary/aromatic N) is 4. The molecule has 1 aromatic rings. The Kier molecular flexibility index (Phi) is 11.7. The Labute approximate surface area is 172 Å². The number of rotatable bonds is 15. The van der Waals surface area contributed by atoms with E-state index < -0.39 is 17.2 Å². The van der Waals surface area contributed by atoms with Gasteiger partial charge in [0.1, 0.15) is 11.4 Å². The Morgan fingerprint density at radius 2 is 1.69 bits per heavy atom. The van der Waals surface area contributed by atoms with Gasteiger partial charge in [0.15, 0.2) is 0 Å². The summed E-state index contributed by atoms with van der Waals surface area (Å²) < 4.78 is 55.8. The molecule has 1 saturated heterocycles. The molecule has 0 spiro atoms. The highest BCUT2D eigenvalue weighted by Crippen LogP contribution is 2.22. The molecule has 1 fully saturated rings. The van der Waals surface area contributed by atoms with Gasteiger partial charge in [0.25, 0.3) is 6.43 Å². The summed E-state index contributed by atoms with van der Waals surface area (Å²) in [4.78, 5) is 1.98. The minimum Gasteiger partial charge on any atom is -0.378 e. The Bertz CT molecular complexity index is 598. The molecule has 0 bridgehead atoms. The number of likely N-dealkylation sites (N-methyl/N-ethyl adjacent to an activating group) is 1. The lowest BCUT2D eigenvalue weighted by Crippen LogP contribution is -2.37. The first-order valence-electron chi connectivity index (χ1n) is 9.77. The molecule has 12 heteroatoms. The van der Waals surface area contributed by atoms with Gasteiger partial charge in [-0.15, -0.1) is 5.10 Å².